The zero-order valence-corrected chi connectivity index (χ0v) is 16.9. The number of methoxy groups -OCH3 is 1. The third-order valence-electron chi connectivity index (χ3n) is 4.87. The first-order chi connectivity index (χ1) is 14.5. The molecular formula is C20H19ClN5O4+. The topological polar surface area (TPSA) is 94.3 Å². The van der Waals surface area contributed by atoms with Gasteiger partial charge in [-0.1, -0.05) is 17.7 Å². The Morgan fingerprint density at radius 1 is 1.20 bits per heavy atom. The number of benzene rings is 2. The lowest BCUT2D eigenvalue weighted by atomic mass is 10.3. The molecule has 1 unspecified atom stereocenters. The molecule has 154 valence electrons. The van der Waals surface area contributed by atoms with Crippen LogP contribution in [0.5, 0.6) is 5.75 Å². The smallest absolute Gasteiger partial charge is 0.497 e. The molecule has 0 aliphatic carbocycles. The average molecular weight is 429 g/mol. The van der Waals surface area contributed by atoms with E-state index in [0.29, 0.717) is 29.5 Å². The monoisotopic (exact) mass is 428 g/mol. The number of ether oxygens (including phenoxy) is 1. The summed E-state index contributed by atoms with van der Waals surface area (Å²) in [6, 6.07) is 14.0. The van der Waals surface area contributed by atoms with Gasteiger partial charge in [-0.05, 0) is 47.2 Å². The van der Waals surface area contributed by atoms with Crippen LogP contribution in [0, 0.1) is 0 Å². The molecule has 0 radical (unpaired) electrons. The van der Waals surface area contributed by atoms with Crippen molar-refractivity contribution >= 4 is 40.7 Å². The van der Waals surface area contributed by atoms with E-state index in [2.05, 4.69) is 10.4 Å². The third kappa shape index (κ3) is 3.84. The Labute approximate surface area is 177 Å². The first-order valence-corrected chi connectivity index (χ1v) is 9.63. The standard InChI is InChI=1S/C20H18ClN5O4/c1-30-16-7-5-15(6-8-16)24-9-10-25-18(28)19(29)26(23-20(24)25)12-17(27)22-14-4-2-3-13(21)11-14/h2-8,11,20H,9-10,12H2,1H3/p+1. The predicted molar refractivity (Wildman–Crippen MR) is 108 cm³/mol. The summed E-state index contributed by atoms with van der Waals surface area (Å²) >= 11 is 5.92. The van der Waals surface area contributed by atoms with Crippen molar-refractivity contribution < 1.29 is 23.8 Å². The molecule has 2 aromatic rings. The van der Waals surface area contributed by atoms with Crippen molar-refractivity contribution in [2.45, 2.75) is 6.29 Å². The minimum absolute atomic E-state index is 0.368. The van der Waals surface area contributed by atoms with Gasteiger partial charge >= 0.3 is 11.8 Å². The van der Waals surface area contributed by atoms with E-state index in [1.54, 1.807) is 31.4 Å². The van der Waals surface area contributed by atoms with Gasteiger partial charge in [0, 0.05) is 34.6 Å². The number of amides is 3. The maximum Gasteiger partial charge on any atom is 0.502 e. The summed E-state index contributed by atoms with van der Waals surface area (Å²) < 4.78 is 6.10. The molecule has 4 rings (SSSR count). The summed E-state index contributed by atoms with van der Waals surface area (Å²) in [5.41, 5.74) is 1.32. The van der Waals surface area contributed by atoms with E-state index in [1.165, 1.54) is 4.90 Å². The van der Waals surface area contributed by atoms with Gasteiger partial charge in [-0.25, -0.2) is 4.79 Å². The summed E-state index contributed by atoms with van der Waals surface area (Å²) in [5, 5.41) is 7.49. The molecule has 3 amide bonds. The first-order valence-electron chi connectivity index (χ1n) is 9.25. The molecule has 30 heavy (non-hydrogen) atoms. The molecular weight excluding hydrogens is 410 g/mol. The summed E-state index contributed by atoms with van der Waals surface area (Å²) in [7, 11) is 1.58. The van der Waals surface area contributed by atoms with Crippen molar-refractivity contribution in [1.29, 1.82) is 0 Å². The number of hydrogen-bond acceptors (Lipinski definition) is 6. The number of anilines is 2. The number of rotatable bonds is 5. The molecule has 2 aliphatic heterocycles. The molecule has 1 N–H and O–H groups in total. The maximum atomic E-state index is 12.6. The fourth-order valence-corrected chi connectivity index (χ4v) is 3.60. The Bertz CT molecular complexity index is 1040. The highest BCUT2D eigenvalue weighted by molar-refractivity contribution is 6.32. The molecule has 2 aromatic carbocycles. The average Bonchev–Trinajstić information content (AvgIpc) is 3.15. The van der Waals surface area contributed by atoms with Gasteiger partial charge in [-0.3, -0.25) is 14.5 Å². The zero-order valence-electron chi connectivity index (χ0n) is 16.1. The van der Waals surface area contributed by atoms with Crippen LogP contribution in [0.3, 0.4) is 0 Å². The van der Waals surface area contributed by atoms with E-state index >= 15 is 0 Å². The second kappa shape index (κ2) is 8.11. The van der Waals surface area contributed by atoms with Gasteiger partial charge in [-0.15, -0.1) is 0 Å². The van der Waals surface area contributed by atoms with Crippen molar-refractivity contribution in [2.24, 2.45) is 5.11 Å². The third-order valence-corrected chi connectivity index (χ3v) is 5.10. The van der Waals surface area contributed by atoms with Crippen LogP contribution < -0.4 is 15.0 Å². The quantitative estimate of drug-likeness (QED) is 0.580. The summed E-state index contributed by atoms with van der Waals surface area (Å²) in [5.74, 6) is -1.28. The van der Waals surface area contributed by atoms with Gasteiger partial charge < -0.3 is 15.0 Å². The van der Waals surface area contributed by atoms with Gasteiger partial charge in [0.1, 0.15) is 5.75 Å². The number of hydrogen-bond donors (Lipinski definition) is 1. The van der Waals surface area contributed by atoms with E-state index in [9.17, 15) is 14.4 Å². The van der Waals surface area contributed by atoms with Crippen LogP contribution in [0.1, 0.15) is 0 Å². The Kier molecular flexibility index (Phi) is 5.37. The number of carbonyl (C=O) groups excluding carboxylic acids is 3. The lowest BCUT2D eigenvalue weighted by molar-refractivity contribution is -0.509. The number of carbonyl (C=O) groups is 3. The van der Waals surface area contributed by atoms with Crippen LogP contribution in [0.2, 0.25) is 5.02 Å². The van der Waals surface area contributed by atoms with Crippen molar-refractivity contribution in [2.75, 3.05) is 37.0 Å². The molecule has 0 saturated carbocycles. The highest BCUT2D eigenvalue weighted by Crippen LogP contribution is 2.28. The lowest BCUT2D eigenvalue weighted by Crippen LogP contribution is -2.52. The van der Waals surface area contributed by atoms with Gasteiger partial charge in [-0.2, -0.15) is 0 Å². The van der Waals surface area contributed by atoms with E-state index in [1.807, 2.05) is 29.2 Å². The molecule has 1 fully saturated rings. The minimum atomic E-state index is -0.830. The Hall–Kier alpha value is -3.46. The molecule has 2 heterocycles. The fraction of sp³-hybridized carbons (Fsp3) is 0.250. The molecule has 1 atom stereocenters. The summed E-state index contributed by atoms with van der Waals surface area (Å²) in [6.45, 7) is 0.507. The number of nitrogens with one attached hydrogen (secondary N) is 1. The van der Waals surface area contributed by atoms with E-state index in [0.717, 1.165) is 10.4 Å². The highest BCUT2D eigenvalue weighted by atomic mass is 35.5. The molecule has 0 spiro atoms. The lowest BCUT2D eigenvalue weighted by Gasteiger charge is -2.27. The second-order valence-corrected chi connectivity index (χ2v) is 7.21. The number of azo groups is 2. The molecule has 0 aromatic heterocycles. The maximum absolute atomic E-state index is 12.6. The van der Waals surface area contributed by atoms with Crippen molar-refractivity contribution in [3.63, 3.8) is 0 Å². The van der Waals surface area contributed by atoms with Gasteiger partial charge in [0.15, 0.2) is 0 Å². The Morgan fingerprint density at radius 3 is 2.63 bits per heavy atom. The highest BCUT2D eigenvalue weighted by Gasteiger charge is 2.49. The summed E-state index contributed by atoms with van der Waals surface area (Å²) in [6.07, 6.45) is -0.692. The SMILES string of the molecule is COc1ccc(N2CCN3C(=O)C(=O)[N+](CC(=O)Nc4cccc(Cl)c4)=NC32)cc1. The van der Waals surface area contributed by atoms with Crippen molar-refractivity contribution in [3.8, 4) is 5.75 Å². The van der Waals surface area contributed by atoms with Crippen molar-refractivity contribution in [1.82, 2.24) is 4.90 Å². The number of halogens is 1. The van der Waals surface area contributed by atoms with Crippen LogP contribution >= 0.6 is 11.6 Å². The van der Waals surface area contributed by atoms with Crippen LogP contribution in [-0.2, 0) is 14.4 Å². The van der Waals surface area contributed by atoms with Gasteiger partial charge in [0.05, 0.1) is 7.11 Å². The molecule has 1 saturated heterocycles. The minimum Gasteiger partial charge on any atom is -0.497 e. The van der Waals surface area contributed by atoms with Crippen LogP contribution in [0.15, 0.2) is 53.6 Å². The van der Waals surface area contributed by atoms with Crippen LogP contribution in [-0.4, -0.2) is 60.4 Å². The number of nitrogens with zero attached hydrogens (tertiary/aromatic N) is 4. The number of fused-ring (bicyclic) bond motifs is 1. The predicted octanol–water partition coefficient (Wildman–Crippen LogP) is 1.92. The van der Waals surface area contributed by atoms with Crippen LogP contribution in [0.25, 0.3) is 0 Å². The molecule has 0 bridgehead atoms. The molecule has 2 aliphatic rings. The normalized spacial score (nSPS) is 18.2. The van der Waals surface area contributed by atoms with Crippen molar-refractivity contribution in [3.05, 3.63) is 53.6 Å². The Balaban J connectivity index is 1.54. The van der Waals surface area contributed by atoms with E-state index < -0.39 is 24.0 Å². The van der Waals surface area contributed by atoms with Gasteiger partial charge in [0.25, 0.3) is 18.7 Å². The van der Waals surface area contributed by atoms with E-state index in [4.69, 9.17) is 16.3 Å². The Morgan fingerprint density at radius 2 is 1.93 bits per heavy atom. The van der Waals surface area contributed by atoms with Gasteiger partial charge in [0.2, 0.25) is 0 Å². The molecule has 9 nitrogen and oxygen atoms in total. The van der Waals surface area contributed by atoms with Crippen LogP contribution in [0.4, 0.5) is 11.4 Å². The first kappa shape index (κ1) is 19.8. The zero-order chi connectivity index (χ0) is 21.3. The largest absolute Gasteiger partial charge is 0.502 e. The molecule has 10 heteroatoms. The summed E-state index contributed by atoms with van der Waals surface area (Å²) in [4.78, 5) is 40.7. The second-order valence-electron chi connectivity index (χ2n) is 6.77. The van der Waals surface area contributed by atoms with E-state index in [-0.39, 0.29) is 6.54 Å². The fourth-order valence-electron chi connectivity index (χ4n) is 3.41.